The predicted octanol–water partition coefficient (Wildman–Crippen LogP) is 4.61. The van der Waals surface area contributed by atoms with E-state index in [-0.39, 0.29) is 24.9 Å². The normalized spacial score (nSPS) is 11.1. The van der Waals surface area contributed by atoms with E-state index in [4.69, 9.17) is 9.47 Å². The molecule has 0 saturated carbocycles. The summed E-state index contributed by atoms with van der Waals surface area (Å²) in [5.74, 6) is 0.242. The molecule has 0 bridgehead atoms. The molecule has 0 spiro atoms. The first-order chi connectivity index (χ1) is 13.0. The third kappa shape index (κ3) is 6.68. The third-order valence-corrected chi connectivity index (χ3v) is 4.19. The van der Waals surface area contributed by atoms with E-state index < -0.39 is 5.60 Å². The van der Waals surface area contributed by atoms with Crippen molar-refractivity contribution in [3.63, 3.8) is 0 Å². The zero-order valence-corrected chi connectivity index (χ0v) is 18.5. The zero-order valence-electron chi connectivity index (χ0n) is 16.9. The quantitative estimate of drug-likeness (QED) is 0.606. The van der Waals surface area contributed by atoms with Gasteiger partial charge in [0, 0.05) is 29.7 Å². The van der Waals surface area contributed by atoms with Crippen LogP contribution in [0.4, 0.5) is 0 Å². The van der Waals surface area contributed by atoms with Gasteiger partial charge in [0.15, 0.2) is 0 Å². The van der Waals surface area contributed by atoms with Crippen LogP contribution in [0.15, 0.2) is 46.9 Å². The lowest BCUT2D eigenvalue weighted by atomic mass is 10.1. The van der Waals surface area contributed by atoms with Crippen molar-refractivity contribution < 1.29 is 19.1 Å². The Balaban J connectivity index is 2.13. The fraction of sp³-hybridized carbons (Fsp3) is 0.364. The Morgan fingerprint density at radius 3 is 2.39 bits per heavy atom. The van der Waals surface area contributed by atoms with Crippen molar-refractivity contribution in [2.24, 2.45) is 0 Å². The van der Waals surface area contributed by atoms with Crippen LogP contribution in [0.3, 0.4) is 0 Å². The average molecular weight is 448 g/mol. The summed E-state index contributed by atoms with van der Waals surface area (Å²) in [4.78, 5) is 25.9. The van der Waals surface area contributed by atoms with Crippen LogP contribution in [0.2, 0.25) is 0 Å². The van der Waals surface area contributed by atoms with Crippen LogP contribution in [0.5, 0.6) is 5.75 Å². The number of hydrogen-bond donors (Lipinski definition) is 0. The predicted molar refractivity (Wildman–Crippen MR) is 112 cm³/mol. The second-order valence-corrected chi connectivity index (χ2v) is 8.62. The number of carbonyl (C=O) groups excluding carboxylic acids is 2. The molecule has 0 N–H and O–H groups in total. The maximum absolute atomic E-state index is 12.2. The molecule has 0 saturated heterocycles. The van der Waals surface area contributed by atoms with Crippen LogP contribution in [0.1, 0.15) is 42.3 Å². The van der Waals surface area contributed by atoms with Crippen LogP contribution in [-0.4, -0.2) is 36.5 Å². The van der Waals surface area contributed by atoms with Gasteiger partial charge in [0.1, 0.15) is 18.0 Å². The Morgan fingerprint density at radius 2 is 1.75 bits per heavy atom. The lowest BCUT2D eigenvalue weighted by molar-refractivity contribution is -0.153. The fourth-order valence-corrected chi connectivity index (χ4v) is 3.14. The lowest BCUT2D eigenvalue weighted by Crippen LogP contribution is -2.25. The molecule has 0 aliphatic carbocycles. The molecule has 28 heavy (non-hydrogen) atoms. The van der Waals surface area contributed by atoms with Gasteiger partial charge < -0.3 is 14.4 Å². The second kappa shape index (κ2) is 9.24. The van der Waals surface area contributed by atoms with E-state index in [1.807, 2.05) is 57.2 Å². The summed E-state index contributed by atoms with van der Waals surface area (Å²) in [5.41, 5.74) is 1.67. The standard InChI is InChI=1S/C22H26BrNO4/c1-22(2,3)28-20(25)13-16-8-6-7-9-19(16)27-14-15-10-17(12-18(23)11-15)21(26)24(4)5/h6-12H,13-14H2,1-5H3. The molecule has 0 unspecified atom stereocenters. The van der Waals surface area contributed by atoms with Crippen molar-refractivity contribution in [2.75, 3.05) is 14.1 Å². The topological polar surface area (TPSA) is 55.8 Å². The first-order valence-electron chi connectivity index (χ1n) is 8.99. The minimum atomic E-state index is -0.529. The van der Waals surface area contributed by atoms with Gasteiger partial charge in [0.2, 0.25) is 0 Å². The van der Waals surface area contributed by atoms with Gasteiger partial charge in [0.25, 0.3) is 5.91 Å². The highest BCUT2D eigenvalue weighted by molar-refractivity contribution is 9.10. The number of nitrogens with zero attached hydrogens (tertiary/aromatic N) is 1. The maximum Gasteiger partial charge on any atom is 0.310 e. The van der Waals surface area contributed by atoms with Crippen LogP contribution in [-0.2, 0) is 22.6 Å². The molecule has 0 radical (unpaired) electrons. The Hall–Kier alpha value is -2.34. The second-order valence-electron chi connectivity index (χ2n) is 7.71. The summed E-state index contributed by atoms with van der Waals surface area (Å²) in [6.45, 7) is 5.80. The van der Waals surface area contributed by atoms with Gasteiger partial charge in [-0.3, -0.25) is 9.59 Å². The summed E-state index contributed by atoms with van der Waals surface area (Å²) < 4.78 is 12.2. The first-order valence-corrected chi connectivity index (χ1v) is 9.78. The Morgan fingerprint density at radius 1 is 1.07 bits per heavy atom. The molecule has 0 atom stereocenters. The SMILES string of the molecule is CN(C)C(=O)c1cc(Br)cc(COc2ccccc2CC(=O)OC(C)(C)C)c1. The number of carbonyl (C=O) groups is 2. The van der Waals surface area contributed by atoms with E-state index in [2.05, 4.69) is 15.9 Å². The van der Waals surface area contributed by atoms with E-state index in [0.29, 0.717) is 11.3 Å². The van der Waals surface area contributed by atoms with Crippen LogP contribution < -0.4 is 4.74 Å². The van der Waals surface area contributed by atoms with Crippen LogP contribution >= 0.6 is 15.9 Å². The Bertz CT molecular complexity index is 856. The smallest absolute Gasteiger partial charge is 0.310 e. The summed E-state index contributed by atoms with van der Waals surface area (Å²) >= 11 is 3.44. The Labute approximate surface area is 174 Å². The molecular weight excluding hydrogens is 422 g/mol. The molecule has 0 aliphatic rings. The molecule has 0 aromatic heterocycles. The molecule has 1 amide bonds. The van der Waals surface area contributed by atoms with E-state index in [1.54, 1.807) is 20.2 Å². The number of hydrogen-bond acceptors (Lipinski definition) is 4. The van der Waals surface area contributed by atoms with Gasteiger partial charge in [-0.25, -0.2) is 0 Å². The van der Waals surface area contributed by atoms with Crippen molar-refractivity contribution in [1.29, 1.82) is 0 Å². The third-order valence-electron chi connectivity index (χ3n) is 3.73. The molecule has 2 rings (SSSR count). The number of amides is 1. The highest BCUT2D eigenvalue weighted by atomic mass is 79.9. The molecule has 6 heteroatoms. The van der Waals surface area contributed by atoms with E-state index in [1.165, 1.54) is 4.90 Å². The van der Waals surface area contributed by atoms with Crippen molar-refractivity contribution in [2.45, 2.75) is 39.4 Å². The van der Waals surface area contributed by atoms with Gasteiger partial charge in [-0.2, -0.15) is 0 Å². The number of halogens is 1. The average Bonchev–Trinajstić information content (AvgIpc) is 2.58. The largest absolute Gasteiger partial charge is 0.489 e. The number of benzene rings is 2. The number of para-hydroxylation sites is 1. The minimum Gasteiger partial charge on any atom is -0.489 e. The van der Waals surface area contributed by atoms with E-state index in [9.17, 15) is 9.59 Å². The molecule has 2 aromatic carbocycles. The minimum absolute atomic E-state index is 0.0760. The summed E-state index contributed by atoms with van der Waals surface area (Å²) in [6.07, 6.45) is 0.135. The molecule has 0 aliphatic heterocycles. The van der Waals surface area contributed by atoms with E-state index in [0.717, 1.165) is 15.6 Å². The van der Waals surface area contributed by atoms with Crippen molar-refractivity contribution >= 4 is 27.8 Å². The molecule has 0 fully saturated rings. The van der Waals surface area contributed by atoms with Crippen molar-refractivity contribution in [3.8, 4) is 5.75 Å². The zero-order chi connectivity index (χ0) is 20.9. The molecule has 150 valence electrons. The fourth-order valence-electron chi connectivity index (χ4n) is 2.60. The summed E-state index contributed by atoms with van der Waals surface area (Å²) in [5, 5.41) is 0. The van der Waals surface area contributed by atoms with Gasteiger partial charge >= 0.3 is 5.97 Å². The summed E-state index contributed by atoms with van der Waals surface area (Å²) in [6, 6.07) is 12.9. The molecular formula is C22H26BrNO4. The number of rotatable bonds is 6. The van der Waals surface area contributed by atoms with Gasteiger partial charge in [-0.05, 0) is 50.6 Å². The van der Waals surface area contributed by atoms with E-state index >= 15 is 0 Å². The maximum atomic E-state index is 12.2. The van der Waals surface area contributed by atoms with Gasteiger partial charge in [-0.15, -0.1) is 0 Å². The van der Waals surface area contributed by atoms with Gasteiger partial charge in [-0.1, -0.05) is 34.1 Å². The molecule has 2 aromatic rings. The summed E-state index contributed by atoms with van der Waals surface area (Å²) in [7, 11) is 3.43. The van der Waals surface area contributed by atoms with Crippen molar-refractivity contribution in [3.05, 3.63) is 63.6 Å². The highest BCUT2D eigenvalue weighted by Crippen LogP contribution is 2.23. The van der Waals surface area contributed by atoms with Gasteiger partial charge in [0.05, 0.1) is 6.42 Å². The number of ether oxygens (including phenoxy) is 2. The highest BCUT2D eigenvalue weighted by Gasteiger charge is 2.18. The van der Waals surface area contributed by atoms with Crippen LogP contribution in [0.25, 0.3) is 0 Å². The lowest BCUT2D eigenvalue weighted by Gasteiger charge is -2.20. The van der Waals surface area contributed by atoms with Crippen LogP contribution in [0, 0.1) is 0 Å². The molecule has 5 nitrogen and oxygen atoms in total. The monoisotopic (exact) mass is 447 g/mol. The molecule has 0 heterocycles. The van der Waals surface area contributed by atoms with Crippen molar-refractivity contribution in [1.82, 2.24) is 4.90 Å². The Kier molecular flexibility index (Phi) is 7.24. The first kappa shape index (κ1) is 22.0. The number of esters is 1.